The fourth-order valence-corrected chi connectivity index (χ4v) is 3.74. The second-order valence-corrected chi connectivity index (χ2v) is 11.5. The van der Waals surface area contributed by atoms with E-state index >= 15 is 0 Å². The third-order valence-electron chi connectivity index (χ3n) is 5.46. The molecule has 0 fully saturated rings. The topological polar surface area (TPSA) is 50.2 Å². The second kappa shape index (κ2) is 17.1. The monoisotopic (exact) mass is 735 g/mol. The number of amidine groups is 1. The summed E-state index contributed by atoms with van der Waals surface area (Å²) < 4.78 is 0. The number of hydrogen-bond donors (Lipinski definition) is 1. The number of aliphatic imine (C=N–C) groups is 1. The quantitative estimate of drug-likeness (QED) is 0.149. The van der Waals surface area contributed by atoms with Crippen molar-refractivity contribution in [2.75, 3.05) is 0 Å². The number of nitrogens with zero attached hydrogens (tertiary/aromatic N) is 3. The summed E-state index contributed by atoms with van der Waals surface area (Å²) >= 11 is 0. The van der Waals surface area contributed by atoms with Crippen molar-refractivity contribution in [1.82, 2.24) is 15.3 Å². The van der Waals surface area contributed by atoms with E-state index in [1.165, 1.54) is 0 Å². The summed E-state index contributed by atoms with van der Waals surface area (Å²) in [7, 11) is 0. The Hall–Kier alpha value is -3.92. The summed E-state index contributed by atoms with van der Waals surface area (Å²) in [4.78, 5) is 13.3. The molecule has 0 atom stereocenters. The van der Waals surface area contributed by atoms with Crippen molar-refractivity contribution in [2.24, 2.45) is 4.99 Å². The van der Waals surface area contributed by atoms with Crippen LogP contribution in [0.3, 0.4) is 0 Å². The van der Waals surface area contributed by atoms with Crippen molar-refractivity contribution in [3.63, 3.8) is 0 Å². The first kappa shape index (κ1) is 34.3. The standard InChI is InChI=1S/C15H24N2.2C11H9N.Ir/c1-14(2,3)16-13(17-15(4,5)6)12-10-8-7-9-11-12;2*1-2-6-10(7-3-1)11-8-4-5-9-12-11;/h7-11H,1-6H3,(H,16,17);2*1-9H;/q;;;+3. The van der Waals surface area contributed by atoms with Gasteiger partial charge in [-0.2, -0.15) is 0 Å². The van der Waals surface area contributed by atoms with Crippen LogP contribution in [0.4, 0.5) is 0 Å². The maximum Gasteiger partial charge on any atom is 3.00 e. The Morgan fingerprint density at radius 2 is 0.905 bits per heavy atom. The number of aromatic nitrogens is 2. The Morgan fingerprint density at radius 1 is 0.524 bits per heavy atom. The predicted octanol–water partition coefficient (Wildman–Crippen LogP) is 9.11. The zero-order chi connectivity index (χ0) is 29.6. The Kier molecular flexibility index (Phi) is 14.0. The van der Waals surface area contributed by atoms with Crippen LogP contribution in [-0.2, 0) is 20.1 Å². The van der Waals surface area contributed by atoms with Gasteiger partial charge in [0, 0.05) is 34.6 Å². The summed E-state index contributed by atoms with van der Waals surface area (Å²) in [5.41, 5.74) is 5.45. The Labute approximate surface area is 265 Å². The first-order chi connectivity index (χ1) is 19.6. The van der Waals surface area contributed by atoms with Crippen LogP contribution in [0.5, 0.6) is 0 Å². The average molecular weight is 735 g/mol. The summed E-state index contributed by atoms with van der Waals surface area (Å²) in [6.07, 6.45) is 3.62. The molecule has 0 aliphatic heterocycles. The summed E-state index contributed by atoms with van der Waals surface area (Å²) in [6, 6.07) is 42.4. The van der Waals surface area contributed by atoms with E-state index in [0.717, 1.165) is 33.9 Å². The van der Waals surface area contributed by atoms with Gasteiger partial charge in [-0.1, -0.05) is 103 Å². The molecule has 42 heavy (non-hydrogen) atoms. The fourth-order valence-electron chi connectivity index (χ4n) is 3.74. The van der Waals surface area contributed by atoms with Gasteiger partial charge in [0.1, 0.15) is 5.84 Å². The molecule has 0 aliphatic rings. The molecule has 0 bridgehead atoms. The van der Waals surface area contributed by atoms with Gasteiger partial charge in [-0.05, 0) is 65.8 Å². The van der Waals surface area contributed by atoms with E-state index in [1.807, 2.05) is 103 Å². The van der Waals surface area contributed by atoms with E-state index in [0.29, 0.717) is 0 Å². The van der Waals surface area contributed by atoms with Crippen molar-refractivity contribution >= 4 is 5.84 Å². The number of pyridine rings is 2. The molecule has 2 heterocycles. The van der Waals surface area contributed by atoms with Gasteiger partial charge in [-0.15, -0.1) is 0 Å². The second-order valence-electron chi connectivity index (χ2n) is 11.5. The molecule has 5 rings (SSSR count). The molecule has 4 nitrogen and oxygen atoms in total. The predicted molar refractivity (Wildman–Crippen MR) is 175 cm³/mol. The van der Waals surface area contributed by atoms with Gasteiger partial charge in [0.15, 0.2) is 0 Å². The van der Waals surface area contributed by atoms with Crippen molar-refractivity contribution in [2.45, 2.75) is 52.6 Å². The molecule has 1 N–H and O–H groups in total. The zero-order valence-corrected chi connectivity index (χ0v) is 27.8. The Bertz CT molecular complexity index is 1280. The van der Waals surface area contributed by atoms with Gasteiger partial charge in [-0.3, -0.25) is 15.0 Å². The molecule has 0 saturated heterocycles. The molecule has 3 aromatic carbocycles. The molecule has 0 aliphatic carbocycles. The average Bonchev–Trinajstić information content (AvgIpc) is 2.98. The van der Waals surface area contributed by atoms with E-state index in [-0.39, 0.29) is 31.2 Å². The maximum absolute atomic E-state index is 4.77. The van der Waals surface area contributed by atoms with Crippen LogP contribution in [-0.4, -0.2) is 26.9 Å². The first-order valence-electron chi connectivity index (χ1n) is 14.0. The van der Waals surface area contributed by atoms with Crippen LogP contribution < -0.4 is 5.32 Å². The molecule has 5 heteroatoms. The van der Waals surface area contributed by atoms with Gasteiger partial charge in [0.05, 0.1) is 16.9 Å². The Balaban J connectivity index is 0.000000222. The van der Waals surface area contributed by atoms with Gasteiger partial charge in [-0.25, -0.2) is 0 Å². The normalized spacial score (nSPS) is 11.0. The number of benzene rings is 3. The Morgan fingerprint density at radius 3 is 1.24 bits per heavy atom. The minimum absolute atomic E-state index is 0. The first-order valence-corrected chi connectivity index (χ1v) is 14.0. The van der Waals surface area contributed by atoms with E-state index in [9.17, 15) is 0 Å². The fraction of sp³-hybridized carbons (Fsp3) is 0.216. The molecular weight excluding hydrogens is 693 g/mol. The van der Waals surface area contributed by atoms with Crippen molar-refractivity contribution < 1.29 is 20.1 Å². The molecule has 0 spiro atoms. The van der Waals surface area contributed by atoms with Gasteiger partial charge < -0.3 is 5.32 Å². The van der Waals surface area contributed by atoms with Crippen LogP contribution in [0.25, 0.3) is 22.5 Å². The molecular formula is C37H42IrN4+3. The number of rotatable bonds is 3. The minimum Gasteiger partial charge on any atom is -0.365 e. The van der Waals surface area contributed by atoms with Crippen LogP contribution in [0.15, 0.2) is 145 Å². The van der Waals surface area contributed by atoms with Crippen LogP contribution in [0, 0.1) is 0 Å². The maximum atomic E-state index is 4.77. The van der Waals surface area contributed by atoms with E-state index in [1.54, 1.807) is 0 Å². The van der Waals surface area contributed by atoms with Crippen molar-refractivity contribution in [3.05, 3.63) is 145 Å². The molecule has 0 amide bonds. The summed E-state index contributed by atoms with van der Waals surface area (Å²) in [6.45, 7) is 12.8. The SMILES string of the molecule is CC(C)(C)N=C(NC(C)(C)C)c1ccccc1.[Ir+3].c1ccc(-c2ccccn2)cc1.c1ccc(-c2ccccn2)cc1. The smallest absolute Gasteiger partial charge is 0.365 e. The third-order valence-corrected chi connectivity index (χ3v) is 5.46. The van der Waals surface area contributed by atoms with Crippen LogP contribution in [0.2, 0.25) is 0 Å². The zero-order valence-electron chi connectivity index (χ0n) is 25.5. The molecule has 2 aromatic heterocycles. The van der Waals surface area contributed by atoms with Crippen LogP contribution in [0.1, 0.15) is 47.1 Å². The number of hydrogen-bond acceptors (Lipinski definition) is 3. The molecule has 0 saturated carbocycles. The van der Waals surface area contributed by atoms with Crippen LogP contribution >= 0.6 is 0 Å². The minimum atomic E-state index is -0.0799. The van der Waals surface area contributed by atoms with Crippen molar-refractivity contribution in [1.29, 1.82) is 0 Å². The largest absolute Gasteiger partial charge is 3.00 e. The van der Waals surface area contributed by atoms with Gasteiger partial charge >= 0.3 is 20.1 Å². The number of nitrogens with one attached hydrogen (secondary N) is 1. The molecule has 0 radical (unpaired) electrons. The molecule has 5 aromatic rings. The molecule has 0 unspecified atom stereocenters. The summed E-state index contributed by atoms with van der Waals surface area (Å²) in [5.74, 6) is 0.964. The molecule has 216 valence electrons. The van der Waals surface area contributed by atoms with Gasteiger partial charge in [0.2, 0.25) is 0 Å². The van der Waals surface area contributed by atoms with Gasteiger partial charge in [0.25, 0.3) is 0 Å². The van der Waals surface area contributed by atoms with E-state index < -0.39 is 0 Å². The van der Waals surface area contributed by atoms with Crippen molar-refractivity contribution in [3.8, 4) is 22.5 Å². The van der Waals surface area contributed by atoms with E-state index in [2.05, 4.69) is 93.2 Å². The summed E-state index contributed by atoms with van der Waals surface area (Å²) in [5, 5.41) is 3.48. The van der Waals surface area contributed by atoms with E-state index in [4.69, 9.17) is 4.99 Å². The third kappa shape index (κ3) is 13.2.